The number of aliphatic hydroxyl groups is 1. The van der Waals surface area contributed by atoms with Gasteiger partial charge in [-0.05, 0) is 86.4 Å². The highest BCUT2D eigenvalue weighted by molar-refractivity contribution is 5.72. The molecule has 4 aliphatic rings. The van der Waals surface area contributed by atoms with E-state index >= 15 is 0 Å². The highest BCUT2D eigenvalue weighted by Crippen LogP contribution is 2.68. The van der Waals surface area contributed by atoms with E-state index in [-0.39, 0.29) is 28.4 Å². The zero-order chi connectivity index (χ0) is 17.3. The van der Waals surface area contributed by atoms with Crippen LogP contribution in [0, 0.1) is 34.5 Å². The van der Waals surface area contributed by atoms with Gasteiger partial charge < -0.3 is 15.9 Å². The topological polar surface area (TPSA) is 83.5 Å². The molecule has 136 valence electrons. The molecule has 8 atom stereocenters. The summed E-state index contributed by atoms with van der Waals surface area (Å²) in [7, 11) is 0. The van der Waals surface area contributed by atoms with Crippen LogP contribution in [0.2, 0.25) is 0 Å². The molecule has 4 rings (SSSR count). The number of aliphatic carboxylic acids is 1. The average Bonchev–Trinajstić information content (AvgIpc) is 2.80. The number of carboxylic acids is 1. The first kappa shape index (κ1) is 16.8. The van der Waals surface area contributed by atoms with Crippen LogP contribution in [-0.4, -0.2) is 27.8 Å². The molecule has 4 heteroatoms. The summed E-state index contributed by atoms with van der Waals surface area (Å²) in [5.74, 6) is 0.754. The second kappa shape index (κ2) is 5.20. The molecule has 0 bridgehead atoms. The number of nitrogens with two attached hydrogens (primary N) is 1. The highest BCUT2D eigenvalue weighted by atomic mass is 16.4. The van der Waals surface area contributed by atoms with Crippen LogP contribution in [0.4, 0.5) is 0 Å². The van der Waals surface area contributed by atoms with E-state index in [1.54, 1.807) is 0 Å². The van der Waals surface area contributed by atoms with Crippen molar-refractivity contribution in [1.29, 1.82) is 0 Å². The maximum absolute atomic E-state index is 11.8. The van der Waals surface area contributed by atoms with Crippen LogP contribution in [0.1, 0.15) is 71.6 Å². The lowest BCUT2D eigenvalue weighted by atomic mass is 9.42. The van der Waals surface area contributed by atoms with Crippen LogP contribution < -0.4 is 5.73 Å². The van der Waals surface area contributed by atoms with Gasteiger partial charge in [0.1, 0.15) is 0 Å². The highest BCUT2D eigenvalue weighted by Gasteiger charge is 2.67. The van der Waals surface area contributed by atoms with E-state index in [1.165, 1.54) is 0 Å². The van der Waals surface area contributed by atoms with Crippen LogP contribution in [0.3, 0.4) is 0 Å². The number of carboxylic acid groups (broad SMARTS) is 1. The van der Waals surface area contributed by atoms with Gasteiger partial charge in [0, 0.05) is 5.54 Å². The molecule has 0 aliphatic heterocycles. The number of aliphatic hydroxyl groups excluding tert-OH is 1. The molecular weight excluding hydrogens is 302 g/mol. The molecule has 0 spiro atoms. The summed E-state index contributed by atoms with van der Waals surface area (Å²) in [6.07, 6.45) is 8.81. The smallest absolute Gasteiger partial charge is 0.307 e. The molecule has 4 unspecified atom stereocenters. The molecular formula is C20H33NO3. The average molecular weight is 335 g/mol. The van der Waals surface area contributed by atoms with Crippen LogP contribution in [0.5, 0.6) is 0 Å². The van der Waals surface area contributed by atoms with Crippen molar-refractivity contribution < 1.29 is 15.0 Å². The zero-order valence-corrected chi connectivity index (χ0v) is 15.1. The van der Waals surface area contributed by atoms with Crippen LogP contribution in [0.25, 0.3) is 0 Å². The van der Waals surface area contributed by atoms with Gasteiger partial charge >= 0.3 is 5.97 Å². The van der Waals surface area contributed by atoms with Gasteiger partial charge in [-0.2, -0.15) is 0 Å². The molecule has 4 saturated carbocycles. The van der Waals surface area contributed by atoms with Crippen LogP contribution in [-0.2, 0) is 4.79 Å². The van der Waals surface area contributed by atoms with E-state index in [4.69, 9.17) is 5.73 Å². The second-order valence-corrected chi connectivity index (χ2v) is 9.85. The monoisotopic (exact) mass is 335 g/mol. The Balaban J connectivity index is 1.68. The first-order valence-corrected chi connectivity index (χ1v) is 9.92. The fourth-order valence-electron chi connectivity index (χ4n) is 7.70. The van der Waals surface area contributed by atoms with Gasteiger partial charge in [-0.1, -0.05) is 13.8 Å². The summed E-state index contributed by atoms with van der Waals surface area (Å²) >= 11 is 0. The van der Waals surface area contributed by atoms with Crippen molar-refractivity contribution >= 4 is 5.97 Å². The first-order valence-electron chi connectivity index (χ1n) is 9.92. The van der Waals surface area contributed by atoms with E-state index in [0.29, 0.717) is 17.8 Å². The van der Waals surface area contributed by atoms with E-state index < -0.39 is 5.97 Å². The lowest BCUT2D eigenvalue weighted by Gasteiger charge is -2.64. The SMILES string of the molecule is C[C@]12CCC(O)CC1CC[C@@H]1[C@@H]2CC[C@]2(C)C(C(=O)O)CCC12N. The summed E-state index contributed by atoms with van der Waals surface area (Å²) in [4.78, 5) is 11.8. The lowest BCUT2D eigenvalue weighted by molar-refractivity contribution is -0.157. The fraction of sp³-hybridized carbons (Fsp3) is 0.950. The minimum absolute atomic E-state index is 0.122. The normalized spacial score (nSPS) is 56.9. The Morgan fingerprint density at radius 2 is 1.75 bits per heavy atom. The summed E-state index contributed by atoms with van der Waals surface area (Å²) < 4.78 is 0. The van der Waals surface area contributed by atoms with Gasteiger partial charge in [0.25, 0.3) is 0 Å². The zero-order valence-electron chi connectivity index (χ0n) is 15.1. The first-order chi connectivity index (χ1) is 11.2. The van der Waals surface area contributed by atoms with Crippen LogP contribution in [0.15, 0.2) is 0 Å². The van der Waals surface area contributed by atoms with Crippen molar-refractivity contribution in [2.24, 2.45) is 40.2 Å². The quantitative estimate of drug-likeness (QED) is 0.687. The minimum Gasteiger partial charge on any atom is -0.481 e. The molecule has 0 aromatic heterocycles. The Labute approximate surface area is 145 Å². The van der Waals surface area contributed by atoms with Gasteiger partial charge in [0.2, 0.25) is 0 Å². The standard InChI is InChI=1S/C20H33NO3/c1-18-8-5-13(22)11-12(18)3-4-15-14(18)6-9-19(2)16(17(23)24)7-10-20(15,19)21/h12-16,22H,3-11,21H2,1-2H3,(H,23,24)/t12?,13?,14-,15+,16?,18-,19+,20?/m0/s1. The van der Waals surface area contributed by atoms with Crippen molar-refractivity contribution in [2.75, 3.05) is 0 Å². The number of fused-ring (bicyclic) bond motifs is 5. The van der Waals surface area contributed by atoms with E-state index in [9.17, 15) is 15.0 Å². The molecule has 0 aromatic rings. The molecule has 0 heterocycles. The molecule has 0 amide bonds. The molecule has 4 fully saturated rings. The molecule has 0 saturated heterocycles. The maximum atomic E-state index is 11.8. The molecule has 24 heavy (non-hydrogen) atoms. The second-order valence-electron chi connectivity index (χ2n) is 9.85. The molecule has 4 nitrogen and oxygen atoms in total. The Bertz CT molecular complexity index is 551. The Morgan fingerprint density at radius 3 is 2.46 bits per heavy atom. The van der Waals surface area contributed by atoms with Gasteiger partial charge in [-0.15, -0.1) is 0 Å². The van der Waals surface area contributed by atoms with E-state index in [0.717, 1.165) is 57.8 Å². The Kier molecular flexibility index (Phi) is 3.65. The van der Waals surface area contributed by atoms with Crippen molar-refractivity contribution in [3.63, 3.8) is 0 Å². The number of carbonyl (C=O) groups is 1. The third-order valence-electron chi connectivity index (χ3n) is 9.28. The maximum Gasteiger partial charge on any atom is 0.307 e. The minimum atomic E-state index is -0.649. The third kappa shape index (κ3) is 1.96. The molecule has 4 N–H and O–H groups in total. The van der Waals surface area contributed by atoms with E-state index in [1.807, 2.05) is 0 Å². The molecule has 0 aromatic carbocycles. The number of rotatable bonds is 1. The third-order valence-corrected chi connectivity index (χ3v) is 9.28. The van der Waals surface area contributed by atoms with Gasteiger partial charge in [-0.25, -0.2) is 0 Å². The Morgan fingerprint density at radius 1 is 1.00 bits per heavy atom. The number of hydrogen-bond donors (Lipinski definition) is 3. The van der Waals surface area contributed by atoms with Gasteiger partial charge in [0.15, 0.2) is 0 Å². The van der Waals surface area contributed by atoms with Crippen LogP contribution >= 0.6 is 0 Å². The summed E-state index contributed by atoms with van der Waals surface area (Å²) in [6, 6.07) is 0. The number of hydrogen-bond acceptors (Lipinski definition) is 3. The van der Waals surface area contributed by atoms with Crippen molar-refractivity contribution in [1.82, 2.24) is 0 Å². The van der Waals surface area contributed by atoms with E-state index in [2.05, 4.69) is 13.8 Å². The summed E-state index contributed by atoms with van der Waals surface area (Å²) in [5.41, 5.74) is 6.80. The molecule has 0 radical (unpaired) electrons. The Hall–Kier alpha value is -0.610. The predicted molar refractivity (Wildman–Crippen MR) is 92.3 cm³/mol. The van der Waals surface area contributed by atoms with Crippen molar-refractivity contribution in [2.45, 2.75) is 83.3 Å². The predicted octanol–water partition coefficient (Wildman–Crippen LogP) is 3.17. The van der Waals surface area contributed by atoms with Crippen molar-refractivity contribution in [3.05, 3.63) is 0 Å². The summed E-state index contributed by atoms with van der Waals surface area (Å²) in [5, 5.41) is 19.8. The fourth-order valence-corrected chi connectivity index (χ4v) is 7.70. The molecule has 4 aliphatic carbocycles. The summed E-state index contributed by atoms with van der Waals surface area (Å²) in [6.45, 7) is 4.60. The largest absolute Gasteiger partial charge is 0.481 e. The lowest BCUT2D eigenvalue weighted by Crippen LogP contribution is -2.66. The van der Waals surface area contributed by atoms with Gasteiger partial charge in [-0.3, -0.25) is 4.79 Å². The van der Waals surface area contributed by atoms with Crippen molar-refractivity contribution in [3.8, 4) is 0 Å². The van der Waals surface area contributed by atoms with Gasteiger partial charge in [0.05, 0.1) is 12.0 Å².